The Morgan fingerprint density at radius 2 is 1.92 bits per heavy atom. The predicted molar refractivity (Wildman–Crippen MR) is 90.3 cm³/mol. The number of methoxy groups -OCH3 is 1. The highest BCUT2D eigenvalue weighted by Gasteiger charge is 2.17. The second kappa shape index (κ2) is 8.67. The van der Waals surface area contributed by atoms with Gasteiger partial charge in [-0.3, -0.25) is 14.6 Å². The van der Waals surface area contributed by atoms with Crippen molar-refractivity contribution in [2.24, 2.45) is 0 Å². The van der Waals surface area contributed by atoms with Gasteiger partial charge in [-0.1, -0.05) is 18.2 Å². The number of nitrogens with one attached hydrogen (secondary N) is 2. The quantitative estimate of drug-likeness (QED) is 0.815. The van der Waals surface area contributed by atoms with Gasteiger partial charge >= 0.3 is 0 Å². The highest BCUT2D eigenvalue weighted by Crippen LogP contribution is 2.20. The minimum Gasteiger partial charge on any atom is -0.497 e. The first kappa shape index (κ1) is 17.5. The van der Waals surface area contributed by atoms with Crippen LogP contribution in [0, 0.1) is 0 Å². The van der Waals surface area contributed by atoms with E-state index in [1.807, 2.05) is 30.3 Å². The summed E-state index contributed by atoms with van der Waals surface area (Å²) in [5.41, 5.74) is 1.63. The van der Waals surface area contributed by atoms with Crippen molar-refractivity contribution in [2.75, 3.05) is 7.11 Å². The average molecular weight is 327 g/mol. The van der Waals surface area contributed by atoms with Crippen LogP contribution in [-0.4, -0.2) is 23.9 Å². The van der Waals surface area contributed by atoms with Gasteiger partial charge in [0.15, 0.2) is 0 Å². The van der Waals surface area contributed by atoms with Crippen molar-refractivity contribution >= 4 is 11.8 Å². The van der Waals surface area contributed by atoms with Gasteiger partial charge in [-0.2, -0.15) is 0 Å². The van der Waals surface area contributed by atoms with Crippen LogP contribution in [0.3, 0.4) is 0 Å². The number of carbonyl (C=O) groups is 2. The molecule has 0 bridgehead atoms. The second-order valence-electron chi connectivity index (χ2n) is 5.33. The Morgan fingerprint density at radius 3 is 2.50 bits per heavy atom. The first-order chi connectivity index (χ1) is 11.6. The van der Waals surface area contributed by atoms with Crippen molar-refractivity contribution in [3.8, 4) is 5.75 Å². The molecule has 0 aliphatic carbocycles. The number of rotatable bonds is 7. The molecule has 1 heterocycles. The van der Waals surface area contributed by atoms with E-state index in [4.69, 9.17) is 4.74 Å². The topological polar surface area (TPSA) is 80.3 Å². The van der Waals surface area contributed by atoms with E-state index in [0.717, 1.165) is 17.0 Å². The Morgan fingerprint density at radius 1 is 1.17 bits per heavy atom. The summed E-state index contributed by atoms with van der Waals surface area (Å²) < 4.78 is 5.13. The average Bonchev–Trinajstić information content (AvgIpc) is 2.60. The van der Waals surface area contributed by atoms with Crippen LogP contribution in [0.5, 0.6) is 5.75 Å². The molecule has 1 atom stereocenters. The monoisotopic (exact) mass is 327 g/mol. The standard InChI is InChI=1S/C18H21N3O3/c1-13(22)21-17(14-6-8-16(24-2)9-7-14)11-18(23)20-12-15-5-3-4-10-19-15/h3-10,17H,11-12H2,1-2H3,(H,20,23)(H,21,22). The molecule has 6 heteroatoms. The van der Waals surface area contributed by atoms with Crippen LogP contribution in [0.25, 0.3) is 0 Å². The van der Waals surface area contributed by atoms with Gasteiger partial charge in [0.2, 0.25) is 11.8 Å². The molecule has 24 heavy (non-hydrogen) atoms. The largest absolute Gasteiger partial charge is 0.497 e. The third kappa shape index (κ3) is 5.39. The molecule has 6 nitrogen and oxygen atoms in total. The summed E-state index contributed by atoms with van der Waals surface area (Å²) in [7, 11) is 1.59. The van der Waals surface area contributed by atoms with E-state index in [-0.39, 0.29) is 18.2 Å². The van der Waals surface area contributed by atoms with Crippen LogP contribution >= 0.6 is 0 Å². The molecule has 0 aliphatic heterocycles. The van der Waals surface area contributed by atoms with Crippen LogP contribution in [0.2, 0.25) is 0 Å². The van der Waals surface area contributed by atoms with Crippen molar-refractivity contribution in [1.82, 2.24) is 15.6 Å². The van der Waals surface area contributed by atoms with Gasteiger partial charge in [-0.25, -0.2) is 0 Å². The number of nitrogens with zero attached hydrogens (tertiary/aromatic N) is 1. The summed E-state index contributed by atoms with van der Waals surface area (Å²) in [5, 5.41) is 5.62. The summed E-state index contributed by atoms with van der Waals surface area (Å²) >= 11 is 0. The molecule has 0 fully saturated rings. The molecule has 1 aromatic carbocycles. The molecule has 126 valence electrons. The summed E-state index contributed by atoms with van der Waals surface area (Å²) in [6, 6.07) is 12.4. The normalized spacial score (nSPS) is 11.4. The number of aromatic nitrogens is 1. The Kier molecular flexibility index (Phi) is 6.31. The summed E-state index contributed by atoms with van der Waals surface area (Å²) in [6.45, 7) is 1.79. The Balaban J connectivity index is 1.99. The van der Waals surface area contributed by atoms with Crippen molar-refractivity contribution < 1.29 is 14.3 Å². The molecule has 0 aliphatic rings. The van der Waals surface area contributed by atoms with E-state index >= 15 is 0 Å². The highest BCUT2D eigenvalue weighted by atomic mass is 16.5. The Bertz CT molecular complexity index is 672. The van der Waals surface area contributed by atoms with E-state index in [9.17, 15) is 9.59 Å². The zero-order chi connectivity index (χ0) is 17.4. The zero-order valence-corrected chi connectivity index (χ0v) is 13.8. The number of ether oxygens (including phenoxy) is 1. The lowest BCUT2D eigenvalue weighted by atomic mass is 10.0. The summed E-state index contributed by atoms with van der Waals surface area (Å²) in [5.74, 6) is 0.378. The zero-order valence-electron chi connectivity index (χ0n) is 13.8. The molecule has 2 N–H and O–H groups in total. The Labute approximate surface area is 141 Å². The number of benzene rings is 1. The maximum absolute atomic E-state index is 12.2. The Hall–Kier alpha value is -2.89. The lowest BCUT2D eigenvalue weighted by molar-refractivity contribution is -0.122. The fourth-order valence-corrected chi connectivity index (χ4v) is 2.28. The van der Waals surface area contributed by atoms with E-state index in [2.05, 4.69) is 15.6 Å². The number of amides is 2. The van der Waals surface area contributed by atoms with E-state index in [1.54, 1.807) is 25.4 Å². The van der Waals surface area contributed by atoms with E-state index < -0.39 is 6.04 Å². The molecule has 2 aromatic rings. The maximum atomic E-state index is 12.2. The minimum absolute atomic E-state index is 0.152. The number of hydrogen-bond acceptors (Lipinski definition) is 4. The number of hydrogen-bond donors (Lipinski definition) is 2. The van der Waals surface area contributed by atoms with Crippen molar-refractivity contribution in [1.29, 1.82) is 0 Å². The maximum Gasteiger partial charge on any atom is 0.222 e. The van der Waals surface area contributed by atoms with Crippen LogP contribution in [0.4, 0.5) is 0 Å². The molecule has 0 radical (unpaired) electrons. The third-order valence-corrected chi connectivity index (χ3v) is 3.48. The van der Waals surface area contributed by atoms with Gasteiger partial charge < -0.3 is 15.4 Å². The van der Waals surface area contributed by atoms with Crippen LogP contribution < -0.4 is 15.4 Å². The molecule has 1 unspecified atom stereocenters. The first-order valence-corrected chi connectivity index (χ1v) is 7.66. The number of pyridine rings is 1. The smallest absolute Gasteiger partial charge is 0.222 e. The van der Waals surface area contributed by atoms with Crippen molar-refractivity contribution in [3.05, 3.63) is 59.9 Å². The molecule has 1 aromatic heterocycles. The first-order valence-electron chi connectivity index (χ1n) is 7.66. The number of carbonyl (C=O) groups excluding carboxylic acids is 2. The SMILES string of the molecule is COc1ccc(C(CC(=O)NCc2ccccn2)NC(C)=O)cc1. The fraction of sp³-hybridized carbons (Fsp3) is 0.278. The molecule has 2 amide bonds. The van der Waals surface area contributed by atoms with Gasteiger partial charge in [0, 0.05) is 13.1 Å². The van der Waals surface area contributed by atoms with Crippen molar-refractivity contribution in [2.45, 2.75) is 25.9 Å². The van der Waals surface area contributed by atoms with Gasteiger partial charge in [-0.15, -0.1) is 0 Å². The molecular formula is C18H21N3O3. The lowest BCUT2D eigenvalue weighted by Gasteiger charge is -2.18. The van der Waals surface area contributed by atoms with E-state index in [0.29, 0.717) is 6.54 Å². The predicted octanol–water partition coefficient (Wildman–Crippen LogP) is 1.97. The van der Waals surface area contributed by atoms with Crippen LogP contribution in [0.15, 0.2) is 48.7 Å². The highest BCUT2D eigenvalue weighted by molar-refractivity contribution is 5.79. The molecule has 0 saturated heterocycles. The third-order valence-electron chi connectivity index (χ3n) is 3.48. The molecule has 0 saturated carbocycles. The fourth-order valence-electron chi connectivity index (χ4n) is 2.28. The van der Waals surface area contributed by atoms with Gasteiger partial charge in [0.1, 0.15) is 5.75 Å². The molecular weight excluding hydrogens is 306 g/mol. The van der Waals surface area contributed by atoms with Gasteiger partial charge in [0.05, 0.1) is 31.8 Å². The summed E-state index contributed by atoms with van der Waals surface area (Å²) in [4.78, 5) is 27.8. The van der Waals surface area contributed by atoms with Crippen LogP contribution in [-0.2, 0) is 16.1 Å². The van der Waals surface area contributed by atoms with Crippen molar-refractivity contribution in [3.63, 3.8) is 0 Å². The molecule has 2 rings (SSSR count). The minimum atomic E-state index is -0.392. The summed E-state index contributed by atoms with van der Waals surface area (Å²) in [6.07, 6.45) is 1.83. The van der Waals surface area contributed by atoms with Gasteiger partial charge in [0.25, 0.3) is 0 Å². The van der Waals surface area contributed by atoms with E-state index in [1.165, 1.54) is 6.92 Å². The molecule has 0 spiro atoms. The van der Waals surface area contributed by atoms with Crippen LogP contribution in [0.1, 0.15) is 30.6 Å². The second-order valence-corrected chi connectivity index (χ2v) is 5.33. The van der Waals surface area contributed by atoms with Gasteiger partial charge in [-0.05, 0) is 29.8 Å². The lowest BCUT2D eigenvalue weighted by Crippen LogP contribution is -2.32.